The summed E-state index contributed by atoms with van der Waals surface area (Å²) in [5.41, 5.74) is 0. The highest BCUT2D eigenvalue weighted by molar-refractivity contribution is 5.79. The molecule has 0 atom stereocenters. The van der Waals surface area contributed by atoms with Crippen LogP contribution in [-0.2, 0) is 4.79 Å². The molecule has 0 spiro atoms. The number of ether oxygens (including phenoxy) is 2. The third-order valence-electron chi connectivity index (χ3n) is 1.97. The summed E-state index contributed by atoms with van der Waals surface area (Å²) in [7, 11) is 0. The molecule has 0 saturated carbocycles. The Morgan fingerprint density at radius 3 is 2.69 bits per heavy atom. The zero-order chi connectivity index (χ0) is 11.8. The molecule has 1 aromatic rings. The fourth-order valence-electron chi connectivity index (χ4n) is 1.07. The van der Waals surface area contributed by atoms with Crippen molar-refractivity contribution in [3.05, 3.63) is 36.9 Å². The van der Waals surface area contributed by atoms with Gasteiger partial charge in [0.2, 0.25) is 0 Å². The van der Waals surface area contributed by atoms with Gasteiger partial charge in [0.25, 0.3) is 0 Å². The normalized spacial score (nSPS) is 9.56. The highest BCUT2D eigenvalue weighted by Gasteiger charge is 2.01. The van der Waals surface area contributed by atoms with Crippen LogP contribution in [0.4, 0.5) is 0 Å². The zero-order valence-electron chi connectivity index (χ0n) is 9.44. The largest absolute Gasteiger partial charge is 0.489 e. The molecule has 0 heterocycles. The van der Waals surface area contributed by atoms with Gasteiger partial charge in [0.15, 0.2) is 5.78 Å². The number of Topliss-reactive ketones (excluding diaryl/α,β-unsaturated/α-hetero) is 1. The molecule has 0 saturated heterocycles. The maximum atomic E-state index is 11.1. The highest BCUT2D eigenvalue weighted by Crippen LogP contribution is 2.19. The van der Waals surface area contributed by atoms with E-state index < -0.39 is 0 Å². The van der Waals surface area contributed by atoms with Crippen molar-refractivity contribution in [1.82, 2.24) is 0 Å². The van der Waals surface area contributed by atoms with Crippen LogP contribution < -0.4 is 9.47 Å². The molecule has 3 heteroatoms. The van der Waals surface area contributed by atoms with Crippen LogP contribution in [0.5, 0.6) is 11.5 Å². The van der Waals surface area contributed by atoms with Crippen LogP contribution in [0.3, 0.4) is 0 Å². The third kappa shape index (κ3) is 4.17. The summed E-state index contributed by atoms with van der Waals surface area (Å²) in [5, 5.41) is 0. The first-order chi connectivity index (χ1) is 7.76. The summed E-state index contributed by atoms with van der Waals surface area (Å²) >= 11 is 0. The van der Waals surface area contributed by atoms with E-state index in [-0.39, 0.29) is 12.4 Å². The Hall–Kier alpha value is -1.77. The molecule has 1 aromatic carbocycles. The topological polar surface area (TPSA) is 35.5 Å². The Bertz CT molecular complexity index is 358. The molecule has 1 rings (SSSR count). The maximum Gasteiger partial charge on any atom is 0.169 e. The van der Waals surface area contributed by atoms with Crippen molar-refractivity contribution in [2.45, 2.75) is 13.3 Å². The molecule has 0 radical (unpaired) electrons. The molecule has 86 valence electrons. The predicted octanol–water partition coefficient (Wildman–Crippen LogP) is 2.61. The molecule has 0 aromatic heterocycles. The van der Waals surface area contributed by atoms with Crippen LogP contribution in [0.2, 0.25) is 0 Å². The lowest BCUT2D eigenvalue weighted by atomic mass is 10.3. The molecular formula is C13H16O3. The fraction of sp³-hybridized carbons (Fsp3) is 0.308. The van der Waals surface area contributed by atoms with Crippen molar-refractivity contribution in [3.8, 4) is 11.5 Å². The van der Waals surface area contributed by atoms with E-state index in [9.17, 15) is 4.79 Å². The lowest BCUT2D eigenvalue weighted by Crippen LogP contribution is -2.09. The first-order valence-corrected chi connectivity index (χ1v) is 5.24. The second-order valence-corrected chi connectivity index (χ2v) is 3.26. The number of carbonyl (C=O) groups excluding carboxylic acids is 1. The van der Waals surface area contributed by atoms with E-state index in [1.165, 1.54) is 0 Å². The van der Waals surface area contributed by atoms with Crippen molar-refractivity contribution in [2.75, 3.05) is 13.2 Å². The molecule has 0 fully saturated rings. The average molecular weight is 220 g/mol. The molecule has 0 aliphatic heterocycles. The zero-order valence-corrected chi connectivity index (χ0v) is 9.44. The average Bonchev–Trinajstić information content (AvgIpc) is 2.34. The number of rotatable bonds is 7. The number of ketones is 1. The molecule has 0 aliphatic carbocycles. The Kier molecular flexibility index (Phi) is 5.12. The molecule has 16 heavy (non-hydrogen) atoms. The summed E-state index contributed by atoms with van der Waals surface area (Å²) in [6.07, 6.45) is 2.17. The van der Waals surface area contributed by atoms with E-state index in [1.807, 2.05) is 19.1 Å². The number of hydrogen-bond acceptors (Lipinski definition) is 3. The van der Waals surface area contributed by atoms with Gasteiger partial charge >= 0.3 is 0 Å². The summed E-state index contributed by atoms with van der Waals surface area (Å²) in [4.78, 5) is 11.1. The Labute approximate surface area is 95.7 Å². The van der Waals surface area contributed by atoms with Crippen molar-refractivity contribution in [3.63, 3.8) is 0 Å². The molecule has 3 nitrogen and oxygen atoms in total. The minimum atomic E-state index is 0.0809. The van der Waals surface area contributed by atoms with Crippen LogP contribution in [0.1, 0.15) is 13.3 Å². The van der Waals surface area contributed by atoms with Gasteiger partial charge in [-0.25, -0.2) is 0 Å². The van der Waals surface area contributed by atoms with Crippen molar-refractivity contribution < 1.29 is 14.3 Å². The number of hydrogen-bond donors (Lipinski definition) is 0. The van der Waals surface area contributed by atoms with Gasteiger partial charge in [0.1, 0.15) is 24.7 Å². The van der Waals surface area contributed by atoms with Crippen molar-refractivity contribution >= 4 is 5.78 Å². The van der Waals surface area contributed by atoms with Crippen molar-refractivity contribution in [1.29, 1.82) is 0 Å². The monoisotopic (exact) mass is 220 g/mol. The Balaban J connectivity index is 2.53. The lowest BCUT2D eigenvalue weighted by molar-refractivity contribution is -0.120. The van der Waals surface area contributed by atoms with Crippen molar-refractivity contribution in [2.24, 2.45) is 0 Å². The molecular weight excluding hydrogens is 204 g/mol. The third-order valence-corrected chi connectivity index (χ3v) is 1.97. The fourth-order valence-corrected chi connectivity index (χ4v) is 1.07. The van der Waals surface area contributed by atoms with Gasteiger partial charge in [-0.3, -0.25) is 4.79 Å². The first-order valence-electron chi connectivity index (χ1n) is 5.24. The Morgan fingerprint density at radius 1 is 1.38 bits per heavy atom. The van der Waals surface area contributed by atoms with E-state index in [4.69, 9.17) is 9.47 Å². The maximum absolute atomic E-state index is 11.1. The van der Waals surface area contributed by atoms with Gasteiger partial charge in [-0.05, 0) is 12.1 Å². The molecule has 0 N–H and O–H groups in total. The lowest BCUT2D eigenvalue weighted by Gasteiger charge is -2.07. The van der Waals surface area contributed by atoms with Crippen LogP contribution in [0, 0.1) is 0 Å². The summed E-state index contributed by atoms with van der Waals surface area (Å²) in [6, 6.07) is 7.21. The summed E-state index contributed by atoms with van der Waals surface area (Å²) < 4.78 is 10.7. The van der Waals surface area contributed by atoms with E-state index >= 15 is 0 Å². The van der Waals surface area contributed by atoms with Crippen LogP contribution in [0.15, 0.2) is 36.9 Å². The predicted molar refractivity (Wildman–Crippen MR) is 62.9 cm³/mol. The van der Waals surface area contributed by atoms with Gasteiger partial charge in [0, 0.05) is 12.5 Å². The number of benzene rings is 1. The Morgan fingerprint density at radius 2 is 2.06 bits per heavy atom. The molecule has 0 unspecified atom stereocenters. The van der Waals surface area contributed by atoms with Crippen LogP contribution in [-0.4, -0.2) is 19.0 Å². The highest BCUT2D eigenvalue weighted by atomic mass is 16.5. The van der Waals surface area contributed by atoms with E-state index in [0.717, 1.165) is 0 Å². The summed E-state index contributed by atoms with van der Waals surface area (Å²) in [6.45, 7) is 5.95. The van der Waals surface area contributed by atoms with E-state index in [0.29, 0.717) is 24.5 Å². The van der Waals surface area contributed by atoms with E-state index in [1.54, 1.807) is 18.2 Å². The molecule has 0 bridgehead atoms. The van der Waals surface area contributed by atoms with Gasteiger partial charge in [0.05, 0.1) is 0 Å². The van der Waals surface area contributed by atoms with Crippen LogP contribution >= 0.6 is 0 Å². The van der Waals surface area contributed by atoms with Crippen LogP contribution in [0.25, 0.3) is 0 Å². The molecule has 0 amide bonds. The molecule has 0 aliphatic rings. The van der Waals surface area contributed by atoms with Gasteiger partial charge in [-0.1, -0.05) is 25.6 Å². The summed E-state index contributed by atoms with van der Waals surface area (Å²) in [5.74, 6) is 1.43. The quantitative estimate of drug-likeness (QED) is 0.662. The standard InChI is InChI=1S/C13H16O3/c1-3-8-15-12-6-5-7-13(9-12)16-10-11(14)4-2/h3,5-7,9H,1,4,8,10H2,2H3. The minimum absolute atomic E-state index is 0.0809. The van der Waals surface area contributed by atoms with Gasteiger partial charge in [-0.15, -0.1) is 0 Å². The van der Waals surface area contributed by atoms with Gasteiger partial charge in [-0.2, -0.15) is 0 Å². The number of carbonyl (C=O) groups is 1. The smallest absolute Gasteiger partial charge is 0.169 e. The second-order valence-electron chi connectivity index (χ2n) is 3.26. The second kappa shape index (κ2) is 6.67. The van der Waals surface area contributed by atoms with E-state index in [2.05, 4.69) is 6.58 Å². The minimum Gasteiger partial charge on any atom is -0.489 e. The van der Waals surface area contributed by atoms with Gasteiger partial charge < -0.3 is 9.47 Å². The SMILES string of the molecule is C=CCOc1cccc(OCC(=O)CC)c1. The first kappa shape index (κ1) is 12.3.